The van der Waals surface area contributed by atoms with Gasteiger partial charge in [-0.05, 0) is 17.9 Å². The molecule has 0 unspecified atom stereocenters. The summed E-state index contributed by atoms with van der Waals surface area (Å²) in [6.07, 6.45) is 1.79. The minimum absolute atomic E-state index is 0.0225. The van der Waals surface area contributed by atoms with Crippen molar-refractivity contribution in [3.8, 4) is 0 Å². The number of hydrogen-bond acceptors (Lipinski definition) is 2. The lowest BCUT2D eigenvalue weighted by Gasteiger charge is -2.30. The Morgan fingerprint density at radius 1 is 1.11 bits per heavy atom. The van der Waals surface area contributed by atoms with Crippen LogP contribution in [0, 0.1) is 5.92 Å². The monoisotopic (exact) mass is 259 g/mol. The van der Waals surface area contributed by atoms with Gasteiger partial charge in [-0.1, -0.05) is 44.2 Å². The fourth-order valence-electron chi connectivity index (χ4n) is 2.45. The zero-order valence-corrected chi connectivity index (χ0v) is 11.6. The van der Waals surface area contributed by atoms with Crippen LogP contribution in [-0.2, 0) is 9.59 Å². The second kappa shape index (κ2) is 6.00. The van der Waals surface area contributed by atoms with Gasteiger partial charge in [-0.25, -0.2) is 0 Å². The van der Waals surface area contributed by atoms with Crippen LogP contribution < -0.4 is 0 Å². The minimum Gasteiger partial charge on any atom is -0.283 e. The highest BCUT2D eigenvalue weighted by Crippen LogP contribution is 2.29. The molecular formula is C16H21NO2. The first kappa shape index (κ1) is 13.8. The van der Waals surface area contributed by atoms with Crippen LogP contribution in [0.3, 0.4) is 0 Å². The Kier molecular flexibility index (Phi) is 4.35. The first-order valence-electron chi connectivity index (χ1n) is 6.96. The molecule has 0 saturated carbocycles. The lowest BCUT2D eigenvalue weighted by Crippen LogP contribution is -2.43. The second-order valence-corrected chi connectivity index (χ2v) is 5.64. The van der Waals surface area contributed by atoms with Crippen molar-refractivity contribution in [1.82, 2.24) is 4.90 Å². The van der Waals surface area contributed by atoms with Crippen LogP contribution in [-0.4, -0.2) is 23.3 Å². The molecule has 0 aliphatic carbocycles. The highest BCUT2D eigenvalue weighted by atomic mass is 16.2. The zero-order valence-electron chi connectivity index (χ0n) is 11.6. The molecule has 0 atom stereocenters. The van der Waals surface area contributed by atoms with Crippen LogP contribution in [0.25, 0.3) is 0 Å². The molecule has 1 saturated heterocycles. The van der Waals surface area contributed by atoms with E-state index in [0.29, 0.717) is 25.3 Å². The summed E-state index contributed by atoms with van der Waals surface area (Å²) < 4.78 is 0. The lowest BCUT2D eigenvalue weighted by atomic mass is 9.88. The molecule has 1 aliphatic rings. The topological polar surface area (TPSA) is 37.4 Å². The van der Waals surface area contributed by atoms with Crippen molar-refractivity contribution >= 4 is 11.8 Å². The quantitative estimate of drug-likeness (QED) is 0.780. The van der Waals surface area contributed by atoms with Gasteiger partial charge in [0, 0.05) is 25.3 Å². The molecule has 1 fully saturated rings. The highest BCUT2D eigenvalue weighted by Gasteiger charge is 2.32. The molecule has 3 heteroatoms. The molecule has 0 aromatic heterocycles. The predicted octanol–water partition coefficient (Wildman–Crippen LogP) is 2.97. The first-order valence-corrected chi connectivity index (χ1v) is 6.96. The summed E-state index contributed by atoms with van der Waals surface area (Å²) in [6, 6.07) is 9.85. The maximum absolute atomic E-state index is 12.1. The molecule has 102 valence electrons. The van der Waals surface area contributed by atoms with Gasteiger partial charge in [0.15, 0.2) is 0 Å². The van der Waals surface area contributed by atoms with Crippen LogP contribution in [0.15, 0.2) is 30.3 Å². The highest BCUT2D eigenvalue weighted by molar-refractivity contribution is 5.98. The van der Waals surface area contributed by atoms with Gasteiger partial charge in [0.1, 0.15) is 0 Å². The Hall–Kier alpha value is -1.64. The Balaban J connectivity index is 2.02. The average Bonchev–Trinajstić information content (AvgIpc) is 2.38. The molecule has 1 heterocycles. The summed E-state index contributed by atoms with van der Waals surface area (Å²) in [5.41, 5.74) is 1.09. The summed E-state index contributed by atoms with van der Waals surface area (Å²) in [6.45, 7) is 4.77. The third kappa shape index (κ3) is 3.43. The normalized spacial score (nSPS) is 17.3. The number of nitrogens with zero attached hydrogens (tertiary/aromatic N) is 1. The molecule has 0 N–H and O–H groups in total. The molecule has 1 aliphatic heterocycles. The Morgan fingerprint density at radius 3 is 2.21 bits per heavy atom. The standard InChI is InChI=1S/C16H21NO2/c1-12(2)8-9-17-15(18)10-14(11-16(17)19)13-6-4-3-5-7-13/h3-7,12,14H,8-11H2,1-2H3. The first-order chi connectivity index (χ1) is 9.08. The third-order valence-electron chi connectivity index (χ3n) is 3.65. The minimum atomic E-state index is -0.0225. The Morgan fingerprint density at radius 2 is 1.68 bits per heavy atom. The number of benzene rings is 1. The SMILES string of the molecule is CC(C)CCN1C(=O)CC(c2ccccc2)CC1=O. The van der Waals surface area contributed by atoms with E-state index in [4.69, 9.17) is 0 Å². The van der Waals surface area contributed by atoms with E-state index in [1.165, 1.54) is 4.90 Å². The van der Waals surface area contributed by atoms with E-state index < -0.39 is 0 Å². The van der Waals surface area contributed by atoms with E-state index in [-0.39, 0.29) is 17.7 Å². The van der Waals surface area contributed by atoms with Crippen molar-refractivity contribution in [2.75, 3.05) is 6.54 Å². The number of amides is 2. The van der Waals surface area contributed by atoms with E-state index in [9.17, 15) is 9.59 Å². The third-order valence-corrected chi connectivity index (χ3v) is 3.65. The largest absolute Gasteiger partial charge is 0.283 e. The number of likely N-dealkylation sites (tertiary alicyclic amines) is 1. The van der Waals surface area contributed by atoms with Crippen LogP contribution >= 0.6 is 0 Å². The number of carbonyl (C=O) groups excluding carboxylic acids is 2. The smallest absolute Gasteiger partial charge is 0.229 e. The second-order valence-electron chi connectivity index (χ2n) is 5.64. The summed E-state index contributed by atoms with van der Waals surface area (Å²) in [4.78, 5) is 25.7. The van der Waals surface area contributed by atoms with E-state index >= 15 is 0 Å². The molecule has 2 amide bonds. The van der Waals surface area contributed by atoms with Crippen molar-refractivity contribution in [1.29, 1.82) is 0 Å². The number of rotatable bonds is 4. The van der Waals surface area contributed by atoms with Crippen LogP contribution in [0.5, 0.6) is 0 Å². The average molecular weight is 259 g/mol. The van der Waals surface area contributed by atoms with Gasteiger partial charge in [-0.15, -0.1) is 0 Å². The Labute approximate surface area is 114 Å². The van der Waals surface area contributed by atoms with E-state index in [0.717, 1.165) is 12.0 Å². The number of carbonyl (C=O) groups is 2. The molecule has 0 spiro atoms. The van der Waals surface area contributed by atoms with Crippen molar-refractivity contribution < 1.29 is 9.59 Å². The van der Waals surface area contributed by atoms with Gasteiger partial charge in [0.05, 0.1) is 0 Å². The molecule has 0 radical (unpaired) electrons. The molecule has 1 aromatic carbocycles. The van der Waals surface area contributed by atoms with E-state index in [2.05, 4.69) is 13.8 Å². The van der Waals surface area contributed by atoms with Gasteiger partial charge in [0.25, 0.3) is 0 Å². The lowest BCUT2D eigenvalue weighted by molar-refractivity contribution is -0.148. The summed E-state index contributed by atoms with van der Waals surface area (Å²) in [5.74, 6) is 0.514. The Bertz CT molecular complexity index is 435. The molecule has 1 aromatic rings. The molecule has 19 heavy (non-hydrogen) atoms. The summed E-state index contributed by atoms with van der Waals surface area (Å²) >= 11 is 0. The number of hydrogen-bond donors (Lipinski definition) is 0. The fraction of sp³-hybridized carbons (Fsp3) is 0.500. The predicted molar refractivity (Wildman–Crippen MR) is 74.6 cm³/mol. The van der Waals surface area contributed by atoms with E-state index in [1.807, 2.05) is 30.3 Å². The van der Waals surface area contributed by atoms with Crippen molar-refractivity contribution in [3.05, 3.63) is 35.9 Å². The number of imide groups is 1. The van der Waals surface area contributed by atoms with Gasteiger partial charge in [-0.3, -0.25) is 14.5 Å². The van der Waals surface area contributed by atoms with Crippen molar-refractivity contribution in [2.45, 2.75) is 39.0 Å². The molecule has 2 rings (SSSR count). The van der Waals surface area contributed by atoms with Gasteiger partial charge < -0.3 is 0 Å². The van der Waals surface area contributed by atoms with Crippen LogP contribution in [0.4, 0.5) is 0 Å². The summed E-state index contributed by atoms with van der Waals surface area (Å²) in [7, 11) is 0. The van der Waals surface area contributed by atoms with Gasteiger partial charge in [-0.2, -0.15) is 0 Å². The maximum Gasteiger partial charge on any atom is 0.229 e. The molecule has 3 nitrogen and oxygen atoms in total. The van der Waals surface area contributed by atoms with Crippen molar-refractivity contribution in [3.63, 3.8) is 0 Å². The number of piperidine rings is 1. The van der Waals surface area contributed by atoms with Crippen molar-refractivity contribution in [2.24, 2.45) is 5.92 Å². The summed E-state index contributed by atoms with van der Waals surface area (Å²) in [5, 5.41) is 0. The van der Waals surface area contributed by atoms with Gasteiger partial charge in [0.2, 0.25) is 11.8 Å². The molecular weight excluding hydrogens is 238 g/mol. The molecule has 0 bridgehead atoms. The van der Waals surface area contributed by atoms with Gasteiger partial charge >= 0.3 is 0 Å². The van der Waals surface area contributed by atoms with E-state index in [1.54, 1.807) is 0 Å². The zero-order chi connectivity index (χ0) is 13.8. The van der Waals surface area contributed by atoms with Crippen LogP contribution in [0.2, 0.25) is 0 Å². The maximum atomic E-state index is 12.1. The fourth-order valence-corrected chi connectivity index (χ4v) is 2.45. The van der Waals surface area contributed by atoms with Crippen LogP contribution in [0.1, 0.15) is 44.6 Å².